The highest BCUT2D eigenvalue weighted by Crippen LogP contribution is 2.21. The molecule has 1 atom stereocenters. The largest absolute Gasteiger partial charge is 0.335 e. The summed E-state index contributed by atoms with van der Waals surface area (Å²) in [6.45, 7) is 2.46. The molecule has 1 aliphatic heterocycles. The van der Waals surface area contributed by atoms with E-state index in [0.29, 0.717) is 13.0 Å². The van der Waals surface area contributed by atoms with E-state index >= 15 is 0 Å². The molecule has 1 aromatic rings. The summed E-state index contributed by atoms with van der Waals surface area (Å²) >= 11 is 0. The van der Waals surface area contributed by atoms with Crippen LogP contribution >= 0.6 is 0 Å². The molecule has 1 aromatic carbocycles. The molecule has 0 aromatic heterocycles. The fourth-order valence-electron chi connectivity index (χ4n) is 2.59. The van der Waals surface area contributed by atoms with Gasteiger partial charge in [-0.25, -0.2) is 12.8 Å². The van der Waals surface area contributed by atoms with E-state index in [0.717, 1.165) is 12.8 Å². The Morgan fingerprint density at radius 3 is 2.67 bits per heavy atom. The average Bonchev–Trinajstić information content (AvgIpc) is 2.79. The molecule has 6 heteroatoms. The minimum Gasteiger partial charge on any atom is -0.335 e. The van der Waals surface area contributed by atoms with Crippen LogP contribution in [0.2, 0.25) is 0 Å². The Morgan fingerprint density at radius 1 is 1.38 bits per heavy atom. The molecule has 1 amide bonds. The molecule has 0 saturated carbocycles. The van der Waals surface area contributed by atoms with E-state index in [9.17, 15) is 17.6 Å². The topological polar surface area (TPSA) is 54.5 Å². The van der Waals surface area contributed by atoms with Gasteiger partial charge in [0, 0.05) is 12.6 Å². The Balaban J connectivity index is 2.24. The van der Waals surface area contributed by atoms with Crippen molar-refractivity contribution in [1.82, 2.24) is 4.90 Å². The van der Waals surface area contributed by atoms with Crippen LogP contribution in [0.3, 0.4) is 0 Å². The maximum absolute atomic E-state index is 13.8. The molecule has 0 radical (unpaired) electrons. The van der Waals surface area contributed by atoms with Gasteiger partial charge in [-0.15, -0.1) is 0 Å². The zero-order valence-electron chi connectivity index (χ0n) is 12.1. The van der Waals surface area contributed by atoms with Gasteiger partial charge in [-0.05, 0) is 25.0 Å². The van der Waals surface area contributed by atoms with Crippen molar-refractivity contribution in [3.63, 3.8) is 0 Å². The van der Waals surface area contributed by atoms with Gasteiger partial charge in [-0.3, -0.25) is 4.79 Å². The molecular weight excluding hydrogens is 293 g/mol. The summed E-state index contributed by atoms with van der Waals surface area (Å²) in [4.78, 5) is 14.1. The molecule has 0 spiro atoms. The molecule has 1 aliphatic rings. The maximum Gasteiger partial charge on any atom is 0.257 e. The zero-order chi connectivity index (χ0) is 15.5. The molecule has 2 rings (SSSR count). The summed E-state index contributed by atoms with van der Waals surface area (Å²) in [5, 5.41) is 0. The van der Waals surface area contributed by atoms with Gasteiger partial charge < -0.3 is 4.90 Å². The van der Waals surface area contributed by atoms with Crippen LogP contribution in [-0.2, 0) is 9.84 Å². The average molecular weight is 313 g/mol. The van der Waals surface area contributed by atoms with Crippen LogP contribution in [0.1, 0.15) is 36.5 Å². The summed E-state index contributed by atoms with van der Waals surface area (Å²) < 4.78 is 37.1. The van der Waals surface area contributed by atoms with Gasteiger partial charge in [0.15, 0.2) is 9.84 Å². The van der Waals surface area contributed by atoms with Gasteiger partial charge in [-0.1, -0.05) is 25.5 Å². The number of carbonyl (C=O) groups excluding carboxylic acids is 1. The number of nitrogens with zero attached hydrogens (tertiary/aromatic N) is 1. The van der Waals surface area contributed by atoms with Crippen molar-refractivity contribution in [1.29, 1.82) is 0 Å². The van der Waals surface area contributed by atoms with Gasteiger partial charge >= 0.3 is 0 Å². The molecule has 116 valence electrons. The molecule has 21 heavy (non-hydrogen) atoms. The SMILES string of the molecule is CCCCN(C(=O)c1ccccc1F)C1CCS(=O)(=O)C1. The molecule has 1 heterocycles. The number of unbranched alkanes of at least 4 members (excludes halogenated alkanes) is 1. The van der Waals surface area contributed by atoms with Crippen molar-refractivity contribution >= 4 is 15.7 Å². The van der Waals surface area contributed by atoms with Gasteiger partial charge in [0.25, 0.3) is 5.91 Å². The van der Waals surface area contributed by atoms with Crippen molar-refractivity contribution in [2.75, 3.05) is 18.1 Å². The molecule has 1 fully saturated rings. The van der Waals surface area contributed by atoms with Crippen molar-refractivity contribution in [3.8, 4) is 0 Å². The lowest BCUT2D eigenvalue weighted by Crippen LogP contribution is -2.42. The van der Waals surface area contributed by atoms with Crippen LogP contribution in [0.4, 0.5) is 4.39 Å². The molecule has 0 N–H and O–H groups in total. The molecule has 1 saturated heterocycles. The van der Waals surface area contributed by atoms with E-state index in [1.807, 2.05) is 6.92 Å². The van der Waals surface area contributed by atoms with Crippen molar-refractivity contribution in [3.05, 3.63) is 35.6 Å². The Bertz CT molecular complexity index is 615. The third kappa shape index (κ3) is 3.81. The predicted molar refractivity (Wildman–Crippen MR) is 79.4 cm³/mol. The van der Waals surface area contributed by atoms with Gasteiger partial charge in [0.2, 0.25) is 0 Å². The number of halogens is 1. The molecule has 4 nitrogen and oxygen atoms in total. The Kier molecular flexibility index (Phi) is 4.98. The number of sulfone groups is 1. The monoisotopic (exact) mass is 313 g/mol. The third-order valence-electron chi connectivity index (χ3n) is 3.77. The van der Waals surface area contributed by atoms with E-state index in [1.165, 1.54) is 23.1 Å². The normalized spacial score (nSPS) is 20.4. The van der Waals surface area contributed by atoms with Crippen LogP contribution in [0.5, 0.6) is 0 Å². The number of benzene rings is 1. The fraction of sp³-hybridized carbons (Fsp3) is 0.533. The zero-order valence-corrected chi connectivity index (χ0v) is 12.9. The first kappa shape index (κ1) is 15.9. The predicted octanol–water partition coefficient (Wildman–Crippen LogP) is 2.26. The van der Waals surface area contributed by atoms with Crippen LogP contribution in [0.25, 0.3) is 0 Å². The Morgan fingerprint density at radius 2 is 2.10 bits per heavy atom. The van der Waals surface area contributed by atoms with Crippen LogP contribution in [0, 0.1) is 5.82 Å². The highest BCUT2D eigenvalue weighted by molar-refractivity contribution is 7.91. The number of hydrogen-bond donors (Lipinski definition) is 0. The van der Waals surface area contributed by atoms with E-state index in [2.05, 4.69) is 0 Å². The quantitative estimate of drug-likeness (QED) is 0.838. The first-order valence-electron chi connectivity index (χ1n) is 7.20. The molecular formula is C15H20FNO3S. The first-order chi connectivity index (χ1) is 9.94. The van der Waals surface area contributed by atoms with Crippen molar-refractivity contribution < 1.29 is 17.6 Å². The van der Waals surface area contributed by atoms with E-state index in [1.54, 1.807) is 6.07 Å². The number of carbonyl (C=O) groups is 1. The number of hydrogen-bond acceptors (Lipinski definition) is 3. The molecule has 0 aliphatic carbocycles. The highest BCUT2D eigenvalue weighted by atomic mass is 32.2. The summed E-state index contributed by atoms with van der Waals surface area (Å²) in [7, 11) is -3.08. The summed E-state index contributed by atoms with van der Waals surface area (Å²) in [5.41, 5.74) is 0.0119. The lowest BCUT2D eigenvalue weighted by Gasteiger charge is -2.28. The second-order valence-electron chi connectivity index (χ2n) is 5.39. The van der Waals surface area contributed by atoms with E-state index in [-0.39, 0.29) is 23.1 Å². The van der Waals surface area contributed by atoms with E-state index in [4.69, 9.17) is 0 Å². The smallest absolute Gasteiger partial charge is 0.257 e. The fourth-order valence-corrected chi connectivity index (χ4v) is 4.32. The van der Waals surface area contributed by atoms with Gasteiger partial charge in [0.1, 0.15) is 5.82 Å². The summed E-state index contributed by atoms with van der Waals surface area (Å²) in [5.74, 6) is -0.893. The second-order valence-corrected chi connectivity index (χ2v) is 7.62. The molecule has 0 bridgehead atoms. The van der Waals surface area contributed by atoms with Crippen molar-refractivity contribution in [2.24, 2.45) is 0 Å². The Labute approximate surface area is 124 Å². The van der Waals surface area contributed by atoms with Crippen LogP contribution in [-0.4, -0.2) is 43.3 Å². The summed E-state index contributed by atoms with van der Waals surface area (Å²) in [6.07, 6.45) is 2.10. The van der Waals surface area contributed by atoms with Crippen LogP contribution in [0.15, 0.2) is 24.3 Å². The number of amides is 1. The lowest BCUT2D eigenvalue weighted by molar-refractivity contribution is 0.0689. The van der Waals surface area contributed by atoms with Crippen LogP contribution < -0.4 is 0 Å². The third-order valence-corrected chi connectivity index (χ3v) is 5.52. The lowest BCUT2D eigenvalue weighted by atomic mass is 10.1. The highest BCUT2D eigenvalue weighted by Gasteiger charge is 2.35. The van der Waals surface area contributed by atoms with Crippen molar-refractivity contribution in [2.45, 2.75) is 32.2 Å². The van der Waals surface area contributed by atoms with Gasteiger partial charge in [-0.2, -0.15) is 0 Å². The maximum atomic E-state index is 13.8. The summed E-state index contributed by atoms with van der Waals surface area (Å²) in [6, 6.07) is 5.49. The Hall–Kier alpha value is -1.43. The molecule has 1 unspecified atom stereocenters. The van der Waals surface area contributed by atoms with E-state index < -0.39 is 21.6 Å². The minimum atomic E-state index is -3.08. The minimum absolute atomic E-state index is 0.0119. The van der Waals surface area contributed by atoms with Gasteiger partial charge in [0.05, 0.1) is 17.1 Å². The second kappa shape index (κ2) is 6.56. The number of rotatable bonds is 5. The standard InChI is InChI=1S/C15H20FNO3S/c1-2-3-9-17(12-8-10-21(19,20)11-12)15(18)13-6-4-5-7-14(13)16/h4-7,12H,2-3,8-11H2,1H3. The first-order valence-corrected chi connectivity index (χ1v) is 9.02.